The minimum atomic E-state index is -1.59. The predicted octanol–water partition coefficient (Wildman–Crippen LogP) is 2.67. The van der Waals surface area contributed by atoms with Gasteiger partial charge in [0, 0.05) is 12.1 Å². The van der Waals surface area contributed by atoms with Crippen molar-refractivity contribution in [2.45, 2.75) is 45.1 Å². The Bertz CT molecular complexity index is 623. The Morgan fingerprint density at radius 2 is 1.96 bits per heavy atom. The number of hydrogen-bond acceptors (Lipinski definition) is 4. The molecule has 1 aliphatic carbocycles. The summed E-state index contributed by atoms with van der Waals surface area (Å²) in [5, 5.41) is 3.07. The van der Waals surface area contributed by atoms with Crippen molar-refractivity contribution < 1.29 is 17.4 Å². The molecule has 5 nitrogen and oxygen atoms in total. The van der Waals surface area contributed by atoms with Gasteiger partial charge in [0.2, 0.25) is 0 Å². The van der Waals surface area contributed by atoms with Gasteiger partial charge in [-0.3, -0.25) is 13.2 Å². The molecule has 126 valence electrons. The minimum Gasteiger partial charge on any atom is -0.351 e. The van der Waals surface area contributed by atoms with E-state index in [0.717, 1.165) is 36.8 Å². The first kappa shape index (κ1) is 16.6. The van der Waals surface area contributed by atoms with Gasteiger partial charge in [-0.25, -0.2) is 0 Å². The van der Waals surface area contributed by atoms with Gasteiger partial charge in [-0.1, -0.05) is 25.1 Å². The molecule has 1 aliphatic heterocycles. The molecule has 3 rings (SSSR count). The molecular weight excluding hydrogens is 314 g/mol. The Morgan fingerprint density at radius 1 is 1.26 bits per heavy atom. The lowest BCUT2D eigenvalue weighted by Gasteiger charge is -2.40. The molecule has 1 spiro atoms. The van der Waals surface area contributed by atoms with Crippen LogP contribution in [0.4, 0.5) is 0 Å². The number of aryl methyl sites for hydroxylation is 1. The summed E-state index contributed by atoms with van der Waals surface area (Å²) in [6, 6.07) is 7.60. The Hall–Kier alpha value is -1.24. The molecule has 0 bridgehead atoms. The first-order valence-corrected chi connectivity index (χ1v) is 9.00. The second-order valence-electron chi connectivity index (χ2n) is 7.04. The number of nitrogens with one attached hydrogen (secondary N) is 1. The predicted molar refractivity (Wildman–Crippen MR) is 88.0 cm³/mol. The molecule has 1 saturated heterocycles. The highest BCUT2D eigenvalue weighted by Crippen LogP contribution is 2.44. The summed E-state index contributed by atoms with van der Waals surface area (Å²) in [6.07, 6.45) is 3.47. The van der Waals surface area contributed by atoms with E-state index >= 15 is 0 Å². The summed E-state index contributed by atoms with van der Waals surface area (Å²) in [6.45, 7) is 5.18. The van der Waals surface area contributed by atoms with Gasteiger partial charge in [0.1, 0.15) is 5.60 Å². The van der Waals surface area contributed by atoms with Crippen LogP contribution in [0.15, 0.2) is 24.3 Å². The minimum absolute atomic E-state index is 0.0221. The van der Waals surface area contributed by atoms with Crippen LogP contribution in [0.3, 0.4) is 0 Å². The van der Waals surface area contributed by atoms with E-state index in [1.807, 2.05) is 31.2 Å². The number of benzene rings is 1. The van der Waals surface area contributed by atoms with E-state index in [0.29, 0.717) is 13.2 Å². The zero-order valence-electron chi connectivity index (χ0n) is 13.6. The topological polar surface area (TPSA) is 64.6 Å². The van der Waals surface area contributed by atoms with Crippen LogP contribution in [0.2, 0.25) is 0 Å². The molecule has 1 N–H and O–H groups in total. The Morgan fingerprint density at radius 3 is 2.57 bits per heavy atom. The van der Waals surface area contributed by atoms with Crippen molar-refractivity contribution in [3.63, 3.8) is 0 Å². The van der Waals surface area contributed by atoms with Gasteiger partial charge >= 0.3 is 11.4 Å². The van der Waals surface area contributed by atoms with Crippen molar-refractivity contribution in [1.82, 2.24) is 5.32 Å². The lowest BCUT2D eigenvalue weighted by Crippen LogP contribution is -2.44. The van der Waals surface area contributed by atoms with E-state index in [9.17, 15) is 9.00 Å². The maximum atomic E-state index is 12.3. The number of carbonyl (C=O) groups excluding carboxylic acids is 1. The average Bonchev–Trinajstić information content (AvgIpc) is 2.90. The smallest absolute Gasteiger partial charge is 0.305 e. The first-order valence-electron chi connectivity index (χ1n) is 8.00. The number of carbonyl (C=O) groups is 1. The zero-order chi connectivity index (χ0) is 16.5. The van der Waals surface area contributed by atoms with Crippen molar-refractivity contribution in [1.29, 1.82) is 0 Å². The standard InChI is InChI=1S/C17H23NO4S/c1-13-5-3-4-6-14(13)15(19)18-11-16(2)7-9-17(10-8-16)12-21-23(20)22-17/h3-6H,7-12H2,1-2H3,(H,18,19)/t16?,17?,23-/m0/s1. The van der Waals surface area contributed by atoms with E-state index in [-0.39, 0.29) is 16.9 Å². The summed E-state index contributed by atoms with van der Waals surface area (Å²) in [4.78, 5) is 12.3. The van der Waals surface area contributed by atoms with E-state index in [4.69, 9.17) is 8.37 Å². The highest BCUT2D eigenvalue weighted by atomic mass is 32.2. The summed E-state index contributed by atoms with van der Waals surface area (Å²) in [5.74, 6) is -0.0221. The first-order chi connectivity index (χ1) is 10.9. The van der Waals surface area contributed by atoms with Gasteiger partial charge in [-0.15, -0.1) is 0 Å². The Balaban J connectivity index is 1.56. The van der Waals surface area contributed by atoms with Crippen molar-refractivity contribution in [3.8, 4) is 0 Å². The SMILES string of the molecule is Cc1ccccc1C(=O)NCC1(C)CCC2(CC1)CO[S@](=O)O2. The molecule has 2 aliphatic rings. The fraction of sp³-hybridized carbons (Fsp3) is 0.588. The molecular formula is C17H23NO4S. The summed E-state index contributed by atoms with van der Waals surface area (Å²) >= 11 is -1.59. The van der Waals surface area contributed by atoms with Crippen LogP contribution in [0, 0.1) is 12.3 Å². The van der Waals surface area contributed by atoms with Crippen molar-refractivity contribution in [3.05, 3.63) is 35.4 Å². The quantitative estimate of drug-likeness (QED) is 0.921. The van der Waals surface area contributed by atoms with Gasteiger partial charge in [-0.2, -0.15) is 4.21 Å². The highest BCUT2D eigenvalue weighted by molar-refractivity contribution is 7.75. The largest absolute Gasteiger partial charge is 0.351 e. The third kappa shape index (κ3) is 3.65. The van der Waals surface area contributed by atoms with Crippen LogP contribution in [0.25, 0.3) is 0 Å². The Kier molecular flexibility index (Phi) is 4.58. The molecule has 1 heterocycles. The van der Waals surface area contributed by atoms with Gasteiger partial charge in [0.05, 0.1) is 6.61 Å². The highest BCUT2D eigenvalue weighted by Gasteiger charge is 2.46. The van der Waals surface area contributed by atoms with E-state index in [1.165, 1.54) is 0 Å². The number of amides is 1. The van der Waals surface area contributed by atoms with Crippen LogP contribution in [-0.4, -0.2) is 28.9 Å². The lowest BCUT2D eigenvalue weighted by atomic mass is 9.70. The fourth-order valence-electron chi connectivity index (χ4n) is 3.28. The molecule has 1 aromatic rings. The molecule has 2 fully saturated rings. The normalized spacial score (nSPS) is 33.7. The monoisotopic (exact) mass is 337 g/mol. The molecule has 0 unspecified atom stereocenters. The third-order valence-corrected chi connectivity index (χ3v) is 5.90. The maximum absolute atomic E-state index is 12.3. The zero-order valence-corrected chi connectivity index (χ0v) is 14.4. The van der Waals surface area contributed by atoms with Crippen molar-refractivity contribution in [2.24, 2.45) is 5.41 Å². The third-order valence-electron chi connectivity index (χ3n) is 5.10. The second kappa shape index (κ2) is 6.34. The van der Waals surface area contributed by atoms with Gasteiger partial charge in [0.15, 0.2) is 0 Å². The number of rotatable bonds is 3. The molecule has 23 heavy (non-hydrogen) atoms. The molecule has 6 heteroatoms. The second-order valence-corrected chi connectivity index (χ2v) is 7.85. The van der Waals surface area contributed by atoms with E-state index < -0.39 is 11.4 Å². The van der Waals surface area contributed by atoms with Crippen LogP contribution < -0.4 is 5.32 Å². The molecule has 1 saturated carbocycles. The van der Waals surface area contributed by atoms with E-state index in [2.05, 4.69) is 12.2 Å². The molecule has 0 aromatic heterocycles. The van der Waals surface area contributed by atoms with Crippen LogP contribution in [-0.2, 0) is 19.7 Å². The Labute approximate surface area is 139 Å². The van der Waals surface area contributed by atoms with Gasteiger partial charge in [0.25, 0.3) is 5.91 Å². The van der Waals surface area contributed by atoms with Gasteiger partial charge < -0.3 is 5.32 Å². The fourth-order valence-corrected chi connectivity index (χ4v) is 4.14. The maximum Gasteiger partial charge on any atom is 0.305 e. The molecule has 0 radical (unpaired) electrons. The summed E-state index contributed by atoms with van der Waals surface area (Å²) in [7, 11) is 0. The molecule has 1 atom stereocenters. The molecule has 1 aromatic carbocycles. The van der Waals surface area contributed by atoms with Crippen LogP contribution in [0.1, 0.15) is 48.5 Å². The summed E-state index contributed by atoms with van der Waals surface area (Å²) < 4.78 is 21.8. The lowest BCUT2D eigenvalue weighted by molar-refractivity contribution is 0.0112. The average molecular weight is 337 g/mol. The van der Waals surface area contributed by atoms with Crippen molar-refractivity contribution >= 4 is 17.3 Å². The number of hydrogen-bond donors (Lipinski definition) is 1. The van der Waals surface area contributed by atoms with Gasteiger partial charge in [-0.05, 0) is 49.7 Å². The van der Waals surface area contributed by atoms with Crippen LogP contribution >= 0.6 is 0 Å². The summed E-state index contributed by atoms with van der Waals surface area (Å²) in [5.41, 5.74) is 1.37. The van der Waals surface area contributed by atoms with Crippen molar-refractivity contribution in [2.75, 3.05) is 13.2 Å². The van der Waals surface area contributed by atoms with E-state index in [1.54, 1.807) is 0 Å². The molecule has 1 amide bonds. The van der Waals surface area contributed by atoms with Crippen LogP contribution in [0.5, 0.6) is 0 Å².